The van der Waals surface area contributed by atoms with Crippen molar-refractivity contribution in [2.75, 3.05) is 45.8 Å². The summed E-state index contributed by atoms with van der Waals surface area (Å²) in [5.74, 6) is 0. The van der Waals surface area contributed by atoms with Crippen molar-refractivity contribution in [3.8, 4) is 0 Å². The molecule has 1 saturated heterocycles. The van der Waals surface area contributed by atoms with Crippen LogP contribution in [0.25, 0.3) is 0 Å². The number of nitrogens with zero attached hydrogens (tertiary/aromatic N) is 2. The fourth-order valence-corrected chi connectivity index (χ4v) is 3.01. The van der Waals surface area contributed by atoms with E-state index in [0.717, 1.165) is 32.5 Å². The van der Waals surface area contributed by atoms with Crippen LogP contribution in [-0.4, -0.2) is 73.3 Å². The Morgan fingerprint density at radius 2 is 1.64 bits per heavy atom. The van der Waals surface area contributed by atoms with Crippen molar-refractivity contribution in [2.45, 2.75) is 39.2 Å². The van der Waals surface area contributed by atoms with E-state index in [1.54, 1.807) is 4.90 Å². The zero-order valence-corrected chi connectivity index (χ0v) is 17.4. The molecule has 1 aliphatic rings. The van der Waals surface area contributed by atoms with Crippen LogP contribution < -0.4 is 10.6 Å². The Morgan fingerprint density at radius 3 is 2.29 bits per heavy atom. The van der Waals surface area contributed by atoms with Crippen LogP contribution in [0, 0.1) is 0 Å². The van der Waals surface area contributed by atoms with Gasteiger partial charge < -0.3 is 20.3 Å². The normalized spacial score (nSPS) is 15.2. The fraction of sp³-hybridized carbons (Fsp3) is 0.619. The molecule has 2 N–H and O–H groups in total. The van der Waals surface area contributed by atoms with Gasteiger partial charge in [0.1, 0.15) is 5.60 Å². The van der Waals surface area contributed by atoms with Gasteiger partial charge >= 0.3 is 12.1 Å². The number of amides is 3. The lowest BCUT2D eigenvalue weighted by atomic mass is 10.1. The van der Waals surface area contributed by atoms with Gasteiger partial charge in [0.2, 0.25) is 0 Å². The van der Waals surface area contributed by atoms with E-state index in [4.69, 9.17) is 4.74 Å². The molecule has 2 rings (SSSR count). The smallest absolute Gasteiger partial charge is 0.410 e. The number of carbonyl (C=O) groups excluding carboxylic acids is 2. The van der Waals surface area contributed by atoms with Crippen LogP contribution in [0.15, 0.2) is 30.3 Å². The Hall–Kier alpha value is -2.28. The number of aryl methyl sites for hydroxylation is 1. The summed E-state index contributed by atoms with van der Waals surface area (Å²) in [5, 5.41) is 5.79. The van der Waals surface area contributed by atoms with E-state index in [1.165, 1.54) is 5.56 Å². The van der Waals surface area contributed by atoms with E-state index in [2.05, 4.69) is 27.7 Å². The van der Waals surface area contributed by atoms with Crippen LogP contribution in [0.4, 0.5) is 9.59 Å². The molecular weight excluding hydrogens is 356 g/mol. The number of urea groups is 1. The lowest BCUT2D eigenvalue weighted by molar-refractivity contribution is 0.0147. The SMILES string of the molecule is CC(C)(C)OC(=O)N1CCN(CCNC(=O)NCCCc2ccccc2)CC1. The van der Waals surface area contributed by atoms with E-state index >= 15 is 0 Å². The third kappa shape index (κ3) is 8.61. The number of rotatable bonds is 7. The van der Waals surface area contributed by atoms with Crippen LogP contribution in [0.5, 0.6) is 0 Å². The van der Waals surface area contributed by atoms with Gasteiger partial charge in [-0.2, -0.15) is 0 Å². The summed E-state index contributed by atoms with van der Waals surface area (Å²) in [4.78, 5) is 27.9. The molecule has 0 aliphatic carbocycles. The minimum absolute atomic E-state index is 0.125. The maximum absolute atomic E-state index is 12.1. The van der Waals surface area contributed by atoms with Crippen molar-refractivity contribution < 1.29 is 14.3 Å². The summed E-state index contributed by atoms with van der Waals surface area (Å²) >= 11 is 0. The quantitative estimate of drug-likeness (QED) is 0.702. The molecule has 0 aromatic heterocycles. The standard InChI is InChI=1S/C21H34N4O3/c1-21(2,3)28-20(27)25-16-14-24(15-17-25)13-12-23-19(26)22-11-7-10-18-8-5-4-6-9-18/h4-6,8-9H,7,10-17H2,1-3H3,(H2,22,23,26). The maximum Gasteiger partial charge on any atom is 0.410 e. The predicted octanol–water partition coefficient (Wildman–Crippen LogP) is 2.47. The first kappa shape index (κ1) is 22.0. The molecule has 1 fully saturated rings. The molecule has 3 amide bonds. The summed E-state index contributed by atoms with van der Waals surface area (Å²) < 4.78 is 5.40. The molecular formula is C21H34N4O3. The highest BCUT2D eigenvalue weighted by Gasteiger charge is 2.25. The number of piperazine rings is 1. The third-order valence-electron chi connectivity index (χ3n) is 4.51. The third-order valence-corrected chi connectivity index (χ3v) is 4.51. The van der Waals surface area contributed by atoms with Crippen LogP contribution >= 0.6 is 0 Å². The maximum atomic E-state index is 12.1. The lowest BCUT2D eigenvalue weighted by Crippen LogP contribution is -2.51. The highest BCUT2D eigenvalue weighted by atomic mass is 16.6. The van der Waals surface area contributed by atoms with E-state index in [-0.39, 0.29) is 12.1 Å². The number of nitrogens with one attached hydrogen (secondary N) is 2. The van der Waals surface area contributed by atoms with Gasteiger partial charge in [-0.3, -0.25) is 4.90 Å². The van der Waals surface area contributed by atoms with Crippen LogP contribution in [0.2, 0.25) is 0 Å². The average molecular weight is 391 g/mol. The average Bonchev–Trinajstić information content (AvgIpc) is 2.65. The molecule has 1 heterocycles. The molecule has 28 heavy (non-hydrogen) atoms. The monoisotopic (exact) mass is 390 g/mol. The molecule has 0 saturated carbocycles. The van der Waals surface area contributed by atoms with Gasteiger partial charge in [-0.15, -0.1) is 0 Å². The highest BCUT2D eigenvalue weighted by molar-refractivity contribution is 5.73. The van der Waals surface area contributed by atoms with E-state index in [9.17, 15) is 9.59 Å². The van der Waals surface area contributed by atoms with Crippen LogP contribution in [-0.2, 0) is 11.2 Å². The minimum atomic E-state index is -0.466. The van der Waals surface area contributed by atoms with Crippen LogP contribution in [0.3, 0.4) is 0 Å². The Balaban J connectivity index is 1.51. The molecule has 7 heteroatoms. The highest BCUT2D eigenvalue weighted by Crippen LogP contribution is 2.11. The van der Waals surface area contributed by atoms with Gasteiger partial charge in [-0.25, -0.2) is 9.59 Å². The van der Waals surface area contributed by atoms with Gasteiger partial charge in [0.15, 0.2) is 0 Å². The van der Waals surface area contributed by atoms with Crippen molar-refractivity contribution in [1.82, 2.24) is 20.4 Å². The Bertz CT molecular complexity index is 608. The topological polar surface area (TPSA) is 73.9 Å². The van der Waals surface area contributed by atoms with Crippen molar-refractivity contribution in [1.29, 1.82) is 0 Å². The zero-order valence-electron chi connectivity index (χ0n) is 17.4. The molecule has 0 bridgehead atoms. The number of hydrogen-bond donors (Lipinski definition) is 2. The molecule has 0 radical (unpaired) electrons. The summed E-state index contributed by atoms with van der Waals surface area (Å²) in [6.45, 7) is 10.5. The predicted molar refractivity (Wildman–Crippen MR) is 110 cm³/mol. The van der Waals surface area contributed by atoms with E-state index < -0.39 is 5.60 Å². The summed E-state index contributed by atoms with van der Waals surface area (Å²) in [6.07, 6.45) is 1.63. The first-order valence-electron chi connectivity index (χ1n) is 10.1. The second kappa shape index (κ2) is 10.9. The summed E-state index contributed by atoms with van der Waals surface area (Å²) in [6, 6.07) is 10.1. The number of ether oxygens (including phenoxy) is 1. The van der Waals surface area contributed by atoms with Crippen LogP contribution in [0.1, 0.15) is 32.8 Å². The first-order chi connectivity index (χ1) is 13.3. The second-order valence-electron chi connectivity index (χ2n) is 8.08. The first-order valence-corrected chi connectivity index (χ1v) is 10.1. The van der Waals surface area contributed by atoms with Gasteiger partial charge in [-0.05, 0) is 39.2 Å². The van der Waals surface area contributed by atoms with Gasteiger partial charge in [0.05, 0.1) is 0 Å². The number of hydrogen-bond acceptors (Lipinski definition) is 4. The molecule has 1 aliphatic heterocycles. The minimum Gasteiger partial charge on any atom is -0.444 e. The van der Waals surface area contributed by atoms with Crippen molar-refractivity contribution in [3.05, 3.63) is 35.9 Å². The molecule has 0 spiro atoms. The molecule has 1 aromatic carbocycles. The Morgan fingerprint density at radius 1 is 1.00 bits per heavy atom. The number of benzene rings is 1. The molecule has 7 nitrogen and oxygen atoms in total. The van der Waals surface area contributed by atoms with Gasteiger partial charge in [0, 0.05) is 45.8 Å². The second-order valence-corrected chi connectivity index (χ2v) is 8.08. The largest absolute Gasteiger partial charge is 0.444 e. The molecule has 0 atom stereocenters. The van der Waals surface area contributed by atoms with E-state index in [0.29, 0.717) is 26.2 Å². The van der Waals surface area contributed by atoms with E-state index in [1.807, 2.05) is 39.0 Å². The van der Waals surface area contributed by atoms with Gasteiger partial charge in [-0.1, -0.05) is 30.3 Å². The van der Waals surface area contributed by atoms with Crippen molar-refractivity contribution in [2.24, 2.45) is 0 Å². The fourth-order valence-electron chi connectivity index (χ4n) is 3.01. The van der Waals surface area contributed by atoms with Gasteiger partial charge in [0.25, 0.3) is 0 Å². The zero-order chi connectivity index (χ0) is 20.4. The van der Waals surface area contributed by atoms with Crippen molar-refractivity contribution in [3.63, 3.8) is 0 Å². The Kier molecular flexibility index (Phi) is 8.57. The number of carbonyl (C=O) groups is 2. The molecule has 1 aromatic rings. The summed E-state index contributed by atoms with van der Waals surface area (Å²) in [5.41, 5.74) is 0.822. The molecule has 156 valence electrons. The summed E-state index contributed by atoms with van der Waals surface area (Å²) in [7, 11) is 0. The Labute approximate surface area is 168 Å². The van der Waals surface area contributed by atoms with Crippen molar-refractivity contribution >= 4 is 12.1 Å². The molecule has 0 unspecified atom stereocenters. The lowest BCUT2D eigenvalue weighted by Gasteiger charge is -2.35.